The molecule has 0 aromatic carbocycles. The first-order valence-corrected chi connectivity index (χ1v) is 3.81. The molecule has 0 saturated heterocycles. The summed E-state index contributed by atoms with van der Waals surface area (Å²) in [5, 5.41) is 8.21. The van der Waals surface area contributed by atoms with Crippen LogP contribution in [0.3, 0.4) is 0 Å². The quantitative estimate of drug-likeness (QED) is 0.408. The standard InChI is InChI=1S/C7H16N2O2/c1-3-5(2)4-6(8)7(10)9-11/h5-6,11H,3-4,8H2,1-2H3,(H,9,10). The van der Waals surface area contributed by atoms with Crippen molar-refractivity contribution in [3.05, 3.63) is 0 Å². The van der Waals surface area contributed by atoms with E-state index in [2.05, 4.69) is 0 Å². The van der Waals surface area contributed by atoms with E-state index in [1.54, 1.807) is 0 Å². The lowest BCUT2D eigenvalue weighted by Crippen LogP contribution is -2.39. The maximum Gasteiger partial charge on any atom is 0.260 e. The van der Waals surface area contributed by atoms with Crippen LogP contribution >= 0.6 is 0 Å². The second-order valence-electron chi connectivity index (χ2n) is 2.83. The summed E-state index contributed by atoms with van der Waals surface area (Å²) in [5.74, 6) is -0.0902. The molecule has 0 aromatic rings. The zero-order valence-corrected chi connectivity index (χ0v) is 7.00. The van der Waals surface area contributed by atoms with Crippen LogP contribution in [0.4, 0.5) is 0 Å². The average molecular weight is 160 g/mol. The summed E-state index contributed by atoms with van der Waals surface area (Å²) in [6.45, 7) is 4.05. The molecule has 0 radical (unpaired) electrons. The smallest absolute Gasteiger partial charge is 0.260 e. The molecule has 4 nitrogen and oxygen atoms in total. The van der Waals surface area contributed by atoms with E-state index in [1.807, 2.05) is 13.8 Å². The third-order valence-corrected chi connectivity index (χ3v) is 1.80. The summed E-state index contributed by atoms with van der Waals surface area (Å²) in [6.07, 6.45) is 1.61. The molecule has 0 saturated carbocycles. The number of nitrogens with one attached hydrogen (secondary N) is 1. The molecule has 0 rings (SSSR count). The number of carbonyl (C=O) groups excluding carboxylic acids is 1. The van der Waals surface area contributed by atoms with Crippen LogP contribution in [-0.4, -0.2) is 17.2 Å². The van der Waals surface area contributed by atoms with Gasteiger partial charge in [-0.2, -0.15) is 0 Å². The molecule has 2 unspecified atom stereocenters. The molecule has 0 aliphatic carbocycles. The molecule has 0 aromatic heterocycles. The number of hydrogen-bond donors (Lipinski definition) is 3. The van der Waals surface area contributed by atoms with E-state index in [0.29, 0.717) is 12.3 Å². The van der Waals surface area contributed by atoms with Gasteiger partial charge in [0.1, 0.15) is 0 Å². The lowest BCUT2D eigenvalue weighted by molar-refractivity contribution is -0.130. The highest BCUT2D eigenvalue weighted by Crippen LogP contribution is 2.07. The molecular formula is C7H16N2O2. The van der Waals surface area contributed by atoms with E-state index in [0.717, 1.165) is 6.42 Å². The van der Waals surface area contributed by atoms with Crippen LogP contribution in [0.1, 0.15) is 26.7 Å². The monoisotopic (exact) mass is 160 g/mol. The van der Waals surface area contributed by atoms with Gasteiger partial charge in [0, 0.05) is 0 Å². The SMILES string of the molecule is CCC(C)CC(N)C(=O)NO. The number of hydroxylamine groups is 1. The lowest BCUT2D eigenvalue weighted by atomic mass is 10.00. The Morgan fingerprint density at radius 2 is 2.27 bits per heavy atom. The number of nitrogens with two attached hydrogens (primary N) is 1. The summed E-state index contributed by atoms with van der Waals surface area (Å²) < 4.78 is 0. The Morgan fingerprint density at radius 3 is 2.64 bits per heavy atom. The van der Waals surface area contributed by atoms with Crippen molar-refractivity contribution in [2.24, 2.45) is 11.7 Å². The van der Waals surface area contributed by atoms with Gasteiger partial charge in [-0.05, 0) is 12.3 Å². The van der Waals surface area contributed by atoms with Crippen molar-refractivity contribution in [3.8, 4) is 0 Å². The summed E-state index contributed by atoms with van der Waals surface area (Å²) in [4.78, 5) is 10.7. The van der Waals surface area contributed by atoms with Gasteiger partial charge in [-0.25, -0.2) is 5.48 Å². The van der Waals surface area contributed by atoms with Gasteiger partial charge < -0.3 is 5.73 Å². The van der Waals surface area contributed by atoms with Gasteiger partial charge in [0.15, 0.2) is 0 Å². The van der Waals surface area contributed by atoms with Gasteiger partial charge in [0.2, 0.25) is 0 Å². The maximum atomic E-state index is 10.7. The lowest BCUT2D eigenvalue weighted by Gasteiger charge is -2.13. The van der Waals surface area contributed by atoms with Crippen molar-refractivity contribution in [2.45, 2.75) is 32.7 Å². The first kappa shape index (κ1) is 10.4. The average Bonchev–Trinajstić information content (AvgIpc) is 2.02. The Morgan fingerprint density at radius 1 is 1.73 bits per heavy atom. The first-order chi connectivity index (χ1) is 5.11. The molecular weight excluding hydrogens is 144 g/mol. The normalized spacial score (nSPS) is 15.6. The van der Waals surface area contributed by atoms with Gasteiger partial charge in [-0.1, -0.05) is 20.3 Å². The fourth-order valence-electron chi connectivity index (χ4n) is 0.790. The second kappa shape index (κ2) is 5.09. The van der Waals surface area contributed by atoms with E-state index in [-0.39, 0.29) is 0 Å². The summed E-state index contributed by atoms with van der Waals surface area (Å²) >= 11 is 0. The van der Waals surface area contributed by atoms with Crippen molar-refractivity contribution < 1.29 is 10.0 Å². The van der Waals surface area contributed by atoms with E-state index in [1.165, 1.54) is 5.48 Å². The zero-order chi connectivity index (χ0) is 8.85. The number of hydrogen-bond acceptors (Lipinski definition) is 3. The molecule has 0 fully saturated rings. The summed E-state index contributed by atoms with van der Waals surface area (Å²) in [7, 11) is 0. The van der Waals surface area contributed by atoms with Crippen LogP contribution in [0.2, 0.25) is 0 Å². The summed E-state index contributed by atoms with van der Waals surface area (Å²) in [6, 6.07) is -0.588. The predicted octanol–water partition coefficient (Wildman–Crippen LogP) is 0.255. The van der Waals surface area contributed by atoms with E-state index in [9.17, 15) is 4.79 Å². The van der Waals surface area contributed by atoms with Gasteiger partial charge in [-0.15, -0.1) is 0 Å². The fraction of sp³-hybridized carbons (Fsp3) is 0.857. The summed E-state index contributed by atoms with van der Waals surface area (Å²) in [5.41, 5.74) is 6.96. The second-order valence-corrected chi connectivity index (χ2v) is 2.83. The van der Waals surface area contributed by atoms with Crippen LogP contribution in [0.15, 0.2) is 0 Å². The van der Waals surface area contributed by atoms with Crippen LogP contribution in [0.25, 0.3) is 0 Å². The molecule has 4 N–H and O–H groups in total. The third kappa shape index (κ3) is 3.95. The number of rotatable bonds is 4. The fourth-order valence-corrected chi connectivity index (χ4v) is 0.790. The van der Waals surface area contributed by atoms with E-state index in [4.69, 9.17) is 10.9 Å². The molecule has 0 spiro atoms. The zero-order valence-electron chi connectivity index (χ0n) is 7.00. The van der Waals surface area contributed by atoms with Gasteiger partial charge in [-0.3, -0.25) is 10.0 Å². The highest BCUT2D eigenvalue weighted by Gasteiger charge is 2.14. The highest BCUT2D eigenvalue weighted by molar-refractivity contribution is 5.80. The van der Waals surface area contributed by atoms with Crippen molar-refractivity contribution in [2.75, 3.05) is 0 Å². The van der Waals surface area contributed by atoms with Crippen LogP contribution in [0.5, 0.6) is 0 Å². The topological polar surface area (TPSA) is 75.4 Å². The molecule has 0 heterocycles. The molecule has 1 amide bonds. The Hall–Kier alpha value is -0.610. The molecule has 0 aliphatic rings. The highest BCUT2D eigenvalue weighted by atomic mass is 16.5. The van der Waals surface area contributed by atoms with Gasteiger partial charge >= 0.3 is 0 Å². The molecule has 66 valence electrons. The van der Waals surface area contributed by atoms with E-state index >= 15 is 0 Å². The Bertz CT molecular complexity index is 128. The van der Waals surface area contributed by atoms with Crippen molar-refractivity contribution in [1.82, 2.24) is 5.48 Å². The Balaban J connectivity index is 3.67. The maximum absolute atomic E-state index is 10.7. The molecule has 2 atom stereocenters. The molecule has 4 heteroatoms. The first-order valence-electron chi connectivity index (χ1n) is 3.81. The van der Waals surface area contributed by atoms with Gasteiger partial charge in [0.05, 0.1) is 6.04 Å². The third-order valence-electron chi connectivity index (χ3n) is 1.80. The Kier molecular flexibility index (Phi) is 4.81. The van der Waals surface area contributed by atoms with Gasteiger partial charge in [0.25, 0.3) is 5.91 Å². The van der Waals surface area contributed by atoms with Crippen molar-refractivity contribution in [1.29, 1.82) is 0 Å². The minimum Gasteiger partial charge on any atom is -0.320 e. The predicted molar refractivity (Wildman–Crippen MR) is 42.0 cm³/mol. The minimum absolute atomic E-state index is 0.419. The molecule has 0 bridgehead atoms. The number of carbonyl (C=O) groups is 1. The van der Waals surface area contributed by atoms with Crippen LogP contribution in [-0.2, 0) is 4.79 Å². The Labute approximate surface area is 66.7 Å². The van der Waals surface area contributed by atoms with Crippen molar-refractivity contribution in [3.63, 3.8) is 0 Å². The minimum atomic E-state index is -0.588. The molecule has 11 heavy (non-hydrogen) atoms. The largest absolute Gasteiger partial charge is 0.320 e. The van der Waals surface area contributed by atoms with Crippen molar-refractivity contribution >= 4 is 5.91 Å². The van der Waals surface area contributed by atoms with Crippen LogP contribution < -0.4 is 11.2 Å². The number of amides is 1. The van der Waals surface area contributed by atoms with E-state index < -0.39 is 11.9 Å². The molecule has 0 aliphatic heterocycles. The van der Waals surface area contributed by atoms with Crippen LogP contribution in [0, 0.1) is 5.92 Å².